The summed E-state index contributed by atoms with van der Waals surface area (Å²) in [5.41, 5.74) is 8.29. The van der Waals surface area contributed by atoms with E-state index < -0.39 is 94.9 Å². The van der Waals surface area contributed by atoms with Crippen molar-refractivity contribution in [3.8, 4) is 0 Å². The Morgan fingerprint density at radius 3 is 1.82 bits per heavy atom. The zero-order valence-electron chi connectivity index (χ0n) is 26.0. The van der Waals surface area contributed by atoms with Crippen molar-refractivity contribution in [3.63, 3.8) is 0 Å². The van der Waals surface area contributed by atoms with E-state index in [0.29, 0.717) is 6.61 Å². The van der Waals surface area contributed by atoms with E-state index in [1.165, 1.54) is 6.42 Å². The molecule has 0 bridgehead atoms. The van der Waals surface area contributed by atoms with Crippen molar-refractivity contribution in [1.29, 1.82) is 0 Å². The maximum Gasteiger partial charge on any atom is 1.00 e. The van der Waals surface area contributed by atoms with Crippen LogP contribution >= 0.6 is 0 Å². The Labute approximate surface area is 395 Å². The van der Waals surface area contributed by atoms with E-state index in [-0.39, 0.29) is 177 Å². The summed E-state index contributed by atoms with van der Waals surface area (Å²) in [6.07, 6.45) is -10.6. The van der Waals surface area contributed by atoms with E-state index in [9.17, 15) is 33.4 Å². The Hall–Kier alpha value is 5.30. The largest absolute Gasteiger partial charge is 1.00 e. The second-order valence-electron chi connectivity index (χ2n) is 8.08. The van der Waals surface area contributed by atoms with Crippen LogP contribution in [-0.4, -0.2) is 132 Å². The maximum atomic E-state index is 11.1. The van der Waals surface area contributed by atoms with Crippen LogP contribution in [0.3, 0.4) is 0 Å². The Kier molecular flexibility index (Phi) is 38.0. The quantitative estimate of drug-likeness (QED) is 0.0552. The molecule has 27 heteroatoms. The van der Waals surface area contributed by atoms with E-state index in [0.717, 1.165) is 19.6 Å². The van der Waals surface area contributed by atoms with Crippen LogP contribution in [0.25, 0.3) is 5.73 Å². The number of aliphatic hydroxyl groups is 4. The van der Waals surface area contributed by atoms with E-state index >= 15 is 0 Å². The fraction of sp³-hybridized carbons (Fsp3) is 0.778. The topological polar surface area (TPSA) is 307 Å². The van der Waals surface area contributed by atoms with Crippen molar-refractivity contribution >= 4 is 20.7 Å². The molecule has 0 aromatic carbocycles. The molecule has 0 amide bonds. The molecule has 0 aromatic rings. The molecular weight excluding hydrogens is 718 g/mol. The second kappa shape index (κ2) is 28.7. The van der Waals surface area contributed by atoms with Crippen molar-refractivity contribution in [2.45, 2.75) is 74.6 Å². The first-order chi connectivity index (χ1) is 18.0. The standard InChI is InChI=1S/C18H29N2O13S.6Na.H2O4S/c1-2-28-13-4-9(22)12(7-30-13)32-18-15(19)16(24)17(11(31-18)5-20-34(25,26)27)33-14-3-8(21)10(23)6-29-14;;;;;;;1-5(2,3)4/h3-4,6-24H,2,5H2,1H3,(H,25,26,27);;;;;;;(H2,1,2,3,4)/q-5;6*+1;/p-2/t8-,9-,10+,11?,12+,13+,14-,15?,16+,17+,18-;;;;;;;/m0......./s1. The molecule has 3 aliphatic heterocycles. The summed E-state index contributed by atoms with van der Waals surface area (Å²) >= 11 is 0. The van der Waals surface area contributed by atoms with Crippen molar-refractivity contribution in [3.05, 3.63) is 31.8 Å². The minimum absolute atomic E-state index is 0. The van der Waals surface area contributed by atoms with Crippen LogP contribution in [0, 0.1) is 26.1 Å². The number of aliphatic hydroxyl groups excluding tert-OH is 4. The molecule has 0 saturated carbocycles. The Balaban J connectivity index is -0.000000450. The summed E-state index contributed by atoms with van der Waals surface area (Å²) < 4.78 is 100. The predicted octanol–water partition coefficient (Wildman–Crippen LogP) is -22.1. The second-order valence-corrected chi connectivity index (χ2v) is 10.1. The van der Waals surface area contributed by atoms with E-state index in [1.807, 2.05) is 0 Å². The summed E-state index contributed by atoms with van der Waals surface area (Å²) in [5.74, 6) is 0. The molecule has 3 saturated heterocycles. The smallest absolute Gasteiger partial charge is 0.735 e. The molecule has 7 N–H and O–H groups in total. The molecule has 3 rings (SSSR count). The SMILES string of the molecule is CCO[C@H]1[CH-][C@H](O)[C@H](O[C@@H]2OC(CNS(=O)(=O)[O-])[C@@H](O[C@H]3[CH-][C@H](O)[C@H](O)[CH-]O3)[C@H](O)C2[NH-])[CH-]O1.O=S(=O)([O-])O.[Na+].[Na+].[Na+].[Na+].[Na+].[Na+]. The number of hydrogen-bond acceptors (Lipinski definition) is 16. The zero-order chi connectivity index (χ0) is 29.5. The molecule has 0 aromatic heterocycles. The number of hydrogen-bond donors (Lipinski definition) is 6. The van der Waals surface area contributed by atoms with Gasteiger partial charge >= 0.3 is 177 Å². The Bertz CT molecular complexity index is 973. The average molecular weight is 748 g/mol. The molecule has 3 aliphatic rings. The fourth-order valence-corrected chi connectivity index (χ4v) is 3.79. The molecule has 232 valence electrons. The van der Waals surface area contributed by atoms with Gasteiger partial charge in [-0.25, -0.2) is 34.4 Å². The van der Waals surface area contributed by atoms with Gasteiger partial charge < -0.3 is 63.7 Å². The molecule has 45 heavy (non-hydrogen) atoms. The van der Waals surface area contributed by atoms with Crippen molar-refractivity contribution in [2.24, 2.45) is 0 Å². The summed E-state index contributed by atoms with van der Waals surface area (Å²) in [6.45, 7) is 3.44. The van der Waals surface area contributed by atoms with Gasteiger partial charge in [0.05, 0.1) is 6.10 Å². The van der Waals surface area contributed by atoms with Gasteiger partial charge in [0.15, 0.2) is 10.3 Å². The molecule has 11 atom stereocenters. The van der Waals surface area contributed by atoms with E-state index in [1.54, 1.807) is 11.6 Å². The van der Waals surface area contributed by atoms with Crippen LogP contribution in [-0.2, 0) is 49.1 Å². The summed E-state index contributed by atoms with van der Waals surface area (Å²) in [4.78, 5) is 0. The Morgan fingerprint density at radius 1 is 0.844 bits per heavy atom. The van der Waals surface area contributed by atoms with Gasteiger partial charge in [-0.15, -0.1) is 0 Å². The molecule has 2 unspecified atom stereocenters. The third kappa shape index (κ3) is 23.6. The third-order valence-corrected chi connectivity index (χ3v) is 5.66. The van der Waals surface area contributed by atoms with Gasteiger partial charge in [0.2, 0.25) is 10.4 Å². The molecule has 0 aliphatic carbocycles. The first-order valence-electron chi connectivity index (χ1n) is 11.1. The third-order valence-electron chi connectivity index (χ3n) is 5.14. The van der Waals surface area contributed by atoms with Crippen LogP contribution in [0.5, 0.6) is 0 Å². The molecule has 19 nitrogen and oxygen atoms in total. The van der Waals surface area contributed by atoms with Crippen LogP contribution in [0.4, 0.5) is 0 Å². The molecule has 0 radical (unpaired) electrons. The number of rotatable bonds is 9. The van der Waals surface area contributed by atoms with Crippen molar-refractivity contribution in [2.75, 3.05) is 13.2 Å². The summed E-state index contributed by atoms with van der Waals surface area (Å²) in [5, 5.41) is 40.2. The molecule has 0 spiro atoms. The fourth-order valence-electron chi connectivity index (χ4n) is 3.42. The van der Waals surface area contributed by atoms with Gasteiger partial charge in [0, 0.05) is 25.7 Å². The zero-order valence-corrected chi connectivity index (χ0v) is 39.7. The summed E-state index contributed by atoms with van der Waals surface area (Å²) in [7, 11) is -9.82. The first kappa shape index (κ1) is 59.6. The first-order valence-corrected chi connectivity index (χ1v) is 13.8. The van der Waals surface area contributed by atoms with Gasteiger partial charge in [-0.05, 0) is 19.1 Å². The number of nitrogens with one attached hydrogen (secondary N) is 2. The van der Waals surface area contributed by atoms with Crippen LogP contribution in [0.2, 0.25) is 0 Å². The molecule has 3 heterocycles. The van der Waals surface area contributed by atoms with E-state index in [2.05, 4.69) is 0 Å². The normalized spacial score (nSPS) is 34.6. The van der Waals surface area contributed by atoms with Crippen LogP contribution < -0.4 is 182 Å². The minimum atomic E-state index is -4.92. The molecular formula is C18H29N2Na6O17S2-. The predicted molar refractivity (Wildman–Crippen MR) is 119 cm³/mol. The average Bonchev–Trinajstić information content (AvgIpc) is 2.80. The van der Waals surface area contributed by atoms with Crippen molar-refractivity contribution < 1.29 is 257 Å². The Morgan fingerprint density at radius 2 is 1.36 bits per heavy atom. The van der Waals surface area contributed by atoms with Crippen LogP contribution in [0.1, 0.15) is 6.92 Å². The minimum Gasteiger partial charge on any atom is -0.735 e. The van der Waals surface area contributed by atoms with Gasteiger partial charge in [-0.3, -0.25) is 4.55 Å². The summed E-state index contributed by atoms with van der Waals surface area (Å²) in [6, 6.07) is -1.52. The van der Waals surface area contributed by atoms with Gasteiger partial charge in [0.25, 0.3) is 0 Å². The van der Waals surface area contributed by atoms with Gasteiger partial charge in [-0.1, -0.05) is 18.2 Å². The van der Waals surface area contributed by atoms with Gasteiger partial charge in [-0.2, -0.15) is 13.2 Å². The molecule has 3 fully saturated rings. The number of ether oxygens (including phenoxy) is 6. The van der Waals surface area contributed by atoms with Crippen molar-refractivity contribution in [1.82, 2.24) is 4.72 Å². The van der Waals surface area contributed by atoms with Gasteiger partial charge in [0.1, 0.15) is 18.5 Å². The van der Waals surface area contributed by atoms with E-state index in [4.69, 9.17) is 51.7 Å². The maximum absolute atomic E-state index is 11.1. The van der Waals surface area contributed by atoms with Crippen LogP contribution in [0.15, 0.2) is 0 Å². The monoisotopic (exact) mass is 747 g/mol.